The van der Waals surface area contributed by atoms with Gasteiger partial charge < -0.3 is 15.0 Å². The molecule has 1 aliphatic carbocycles. The molecule has 1 fully saturated rings. The predicted molar refractivity (Wildman–Crippen MR) is 148 cm³/mol. The molecule has 0 bridgehead atoms. The van der Waals surface area contributed by atoms with Crippen LogP contribution < -0.4 is 10.1 Å². The minimum absolute atomic E-state index is 0.127. The summed E-state index contributed by atoms with van der Waals surface area (Å²) >= 11 is 6.25. The molecule has 37 heavy (non-hydrogen) atoms. The number of ether oxygens (including phenoxy) is 1. The summed E-state index contributed by atoms with van der Waals surface area (Å²) in [6, 6.07) is 22.5. The number of carbonyl (C=O) groups is 2. The fourth-order valence-electron chi connectivity index (χ4n) is 4.79. The molecule has 4 rings (SSSR count). The first-order valence-electron chi connectivity index (χ1n) is 13.0. The van der Waals surface area contributed by atoms with Crippen LogP contribution in [-0.2, 0) is 22.6 Å². The lowest BCUT2D eigenvalue weighted by atomic mass is 10.0. The van der Waals surface area contributed by atoms with E-state index in [4.69, 9.17) is 16.3 Å². The summed E-state index contributed by atoms with van der Waals surface area (Å²) in [5.41, 5.74) is 4.11. The van der Waals surface area contributed by atoms with Crippen LogP contribution in [0.25, 0.3) is 0 Å². The molecule has 1 aliphatic rings. The van der Waals surface area contributed by atoms with Crippen molar-refractivity contribution in [2.75, 3.05) is 6.61 Å². The minimum Gasteiger partial charge on any atom is -0.484 e. The molecule has 5 nitrogen and oxygen atoms in total. The van der Waals surface area contributed by atoms with Gasteiger partial charge in [-0.15, -0.1) is 0 Å². The van der Waals surface area contributed by atoms with Crippen LogP contribution in [0.15, 0.2) is 72.8 Å². The van der Waals surface area contributed by atoms with Crippen molar-refractivity contribution in [3.8, 4) is 5.75 Å². The predicted octanol–water partition coefficient (Wildman–Crippen LogP) is 6.03. The zero-order valence-corrected chi connectivity index (χ0v) is 22.3. The average Bonchev–Trinajstić information content (AvgIpc) is 3.40. The number of benzene rings is 3. The Morgan fingerprint density at radius 2 is 1.68 bits per heavy atom. The maximum absolute atomic E-state index is 13.7. The van der Waals surface area contributed by atoms with Crippen molar-refractivity contribution in [1.29, 1.82) is 0 Å². The van der Waals surface area contributed by atoms with Crippen LogP contribution in [0.5, 0.6) is 5.75 Å². The van der Waals surface area contributed by atoms with Crippen molar-refractivity contribution >= 4 is 23.4 Å². The molecule has 0 heterocycles. The van der Waals surface area contributed by atoms with Gasteiger partial charge in [-0.1, -0.05) is 73.0 Å². The normalized spacial score (nSPS) is 14.2. The van der Waals surface area contributed by atoms with Crippen molar-refractivity contribution in [2.45, 2.75) is 64.6 Å². The number of rotatable bonds is 10. The number of hydrogen-bond acceptors (Lipinski definition) is 3. The monoisotopic (exact) mass is 518 g/mol. The first-order chi connectivity index (χ1) is 17.9. The number of nitrogens with one attached hydrogen (secondary N) is 1. The van der Waals surface area contributed by atoms with Gasteiger partial charge in [-0.05, 0) is 73.2 Å². The minimum atomic E-state index is -0.683. The quantitative estimate of drug-likeness (QED) is 0.356. The summed E-state index contributed by atoms with van der Waals surface area (Å²) in [5.74, 6) is 0.257. The highest BCUT2D eigenvalue weighted by Crippen LogP contribution is 2.22. The second-order valence-corrected chi connectivity index (χ2v) is 10.3. The van der Waals surface area contributed by atoms with Gasteiger partial charge in [0.25, 0.3) is 5.91 Å². The van der Waals surface area contributed by atoms with E-state index in [-0.39, 0.29) is 31.0 Å². The molecule has 0 saturated heterocycles. The zero-order chi connectivity index (χ0) is 26.2. The fraction of sp³-hybridized carbons (Fsp3) is 0.355. The lowest BCUT2D eigenvalue weighted by molar-refractivity contribution is -0.143. The maximum atomic E-state index is 13.7. The topological polar surface area (TPSA) is 58.6 Å². The van der Waals surface area contributed by atoms with Crippen LogP contribution in [0.4, 0.5) is 0 Å². The first-order valence-corrected chi connectivity index (χ1v) is 13.3. The molecule has 3 aromatic rings. The molecule has 1 saturated carbocycles. The molecule has 1 N–H and O–H groups in total. The van der Waals surface area contributed by atoms with Gasteiger partial charge in [-0.25, -0.2) is 0 Å². The van der Waals surface area contributed by atoms with E-state index in [9.17, 15) is 9.59 Å². The smallest absolute Gasteiger partial charge is 0.261 e. The first kappa shape index (κ1) is 26.7. The van der Waals surface area contributed by atoms with Crippen LogP contribution in [-0.4, -0.2) is 35.4 Å². The molecular formula is C31H35ClN2O3. The Morgan fingerprint density at radius 3 is 2.38 bits per heavy atom. The molecule has 194 valence electrons. The number of carbonyl (C=O) groups excluding carboxylic acids is 2. The van der Waals surface area contributed by atoms with Gasteiger partial charge in [-0.3, -0.25) is 9.59 Å². The molecule has 0 spiro atoms. The average molecular weight is 519 g/mol. The second-order valence-electron chi connectivity index (χ2n) is 9.88. The van der Waals surface area contributed by atoms with Crippen LogP contribution in [0.3, 0.4) is 0 Å². The third-order valence-electron chi connectivity index (χ3n) is 7.06. The van der Waals surface area contributed by atoms with Gasteiger partial charge in [0.1, 0.15) is 11.8 Å². The summed E-state index contributed by atoms with van der Waals surface area (Å²) in [6.45, 7) is 4.14. The van der Waals surface area contributed by atoms with Crippen LogP contribution in [0.1, 0.15) is 47.9 Å². The summed E-state index contributed by atoms with van der Waals surface area (Å²) in [5, 5.41) is 3.81. The molecule has 0 radical (unpaired) electrons. The number of amides is 2. The molecular weight excluding hydrogens is 484 g/mol. The van der Waals surface area contributed by atoms with Gasteiger partial charge in [0.05, 0.1) is 0 Å². The number of aryl methyl sites for hydroxylation is 2. The number of nitrogens with zero attached hydrogens (tertiary/aromatic N) is 1. The van der Waals surface area contributed by atoms with Crippen molar-refractivity contribution in [1.82, 2.24) is 10.2 Å². The Kier molecular flexibility index (Phi) is 9.24. The van der Waals surface area contributed by atoms with E-state index >= 15 is 0 Å². The third-order valence-corrected chi connectivity index (χ3v) is 7.29. The Labute approximate surface area is 224 Å². The molecule has 0 unspecified atom stereocenters. The maximum Gasteiger partial charge on any atom is 0.261 e. The van der Waals surface area contributed by atoms with Crippen molar-refractivity contribution < 1.29 is 14.3 Å². The standard InChI is InChI=1S/C31H35ClN2O3/c1-22-15-16-28(17-23(22)2)37-21-30(35)34(20-25-11-8-12-26(32)18-25)29(19-24-9-4-3-5-10-24)31(36)33-27-13-6-7-14-27/h3-5,8-12,15-18,27,29H,6-7,13-14,19-21H2,1-2H3,(H,33,36)/t29-/m0/s1. The third kappa shape index (κ3) is 7.59. The Bertz CT molecular complexity index is 1210. The van der Waals surface area contributed by atoms with Crippen LogP contribution >= 0.6 is 11.6 Å². The summed E-state index contributed by atoms with van der Waals surface area (Å²) in [7, 11) is 0. The van der Waals surface area contributed by atoms with Gasteiger partial charge in [-0.2, -0.15) is 0 Å². The van der Waals surface area contributed by atoms with Crippen molar-refractivity contribution in [3.05, 3.63) is 100 Å². The van der Waals surface area contributed by atoms with Gasteiger partial charge >= 0.3 is 0 Å². The molecule has 0 aromatic heterocycles. The Morgan fingerprint density at radius 1 is 0.946 bits per heavy atom. The highest BCUT2D eigenvalue weighted by Gasteiger charge is 2.32. The van der Waals surface area contributed by atoms with Crippen LogP contribution in [0, 0.1) is 13.8 Å². The van der Waals surface area contributed by atoms with E-state index in [1.165, 1.54) is 0 Å². The second kappa shape index (κ2) is 12.8. The Balaban J connectivity index is 1.61. The number of hydrogen-bond donors (Lipinski definition) is 1. The van der Waals surface area contributed by atoms with Crippen molar-refractivity contribution in [3.63, 3.8) is 0 Å². The van der Waals surface area contributed by atoms with E-state index < -0.39 is 6.04 Å². The molecule has 0 aliphatic heterocycles. The fourth-order valence-corrected chi connectivity index (χ4v) is 5.00. The lowest BCUT2D eigenvalue weighted by Crippen LogP contribution is -2.53. The van der Waals surface area contributed by atoms with E-state index in [2.05, 4.69) is 5.32 Å². The molecule has 3 aromatic carbocycles. The number of halogens is 1. The van der Waals surface area contributed by atoms with Gasteiger partial charge in [0.15, 0.2) is 6.61 Å². The van der Waals surface area contributed by atoms with Crippen LogP contribution in [0.2, 0.25) is 5.02 Å². The van der Waals surface area contributed by atoms with E-state index in [0.717, 1.165) is 47.9 Å². The summed E-state index contributed by atoms with van der Waals surface area (Å²) in [4.78, 5) is 29.1. The molecule has 1 atom stereocenters. The van der Waals surface area contributed by atoms with E-state index in [0.29, 0.717) is 17.2 Å². The Hall–Kier alpha value is -3.31. The van der Waals surface area contributed by atoms with Gasteiger partial charge in [0, 0.05) is 24.0 Å². The SMILES string of the molecule is Cc1ccc(OCC(=O)N(Cc2cccc(Cl)c2)[C@@H](Cc2ccccc2)C(=O)NC2CCCC2)cc1C. The summed E-state index contributed by atoms with van der Waals surface area (Å²) in [6.07, 6.45) is 4.59. The van der Waals surface area contributed by atoms with E-state index in [1.54, 1.807) is 11.0 Å². The highest BCUT2D eigenvalue weighted by molar-refractivity contribution is 6.30. The highest BCUT2D eigenvalue weighted by atomic mass is 35.5. The van der Waals surface area contributed by atoms with Gasteiger partial charge in [0.2, 0.25) is 5.91 Å². The van der Waals surface area contributed by atoms with Crippen molar-refractivity contribution in [2.24, 2.45) is 0 Å². The summed E-state index contributed by atoms with van der Waals surface area (Å²) < 4.78 is 5.91. The van der Waals surface area contributed by atoms with E-state index in [1.807, 2.05) is 80.6 Å². The molecule has 6 heteroatoms. The molecule has 2 amide bonds. The lowest BCUT2D eigenvalue weighted by Gasteiger charge is -2.32. The zero-order valence-electron chi connectivity index (χ0n) is 21.6. The largest absolute Gasteiger partial charge is 0.484 e.